The Kier molecular flexibility index (Phi) is 3.98. The van der Waals surface area contributed by atoms with E-state index in [0.29, 0.717) is 11.7 Å². The Morgan fingerprint density at radius 1 is 1.12 bits per heavy atom. The molecule has 0 aliphatic heterocycles. The second-order valence-electron chi connectivity index (χ2n) is 6.14. The van der Waals surface area contributed by atoms with Crippen LogP contribution in [-0.4, -0.2) is 28.8 Å². The average Bonchev–Trinajstić information content (AvgIpc) is 3.36. The predicted molar refractivity (Wildman–Crippen MR) is 96.0 cm³/mol. The summed E-state index contributed by atoms with van der Waals surface area (Å²) in [4.78, 5) is 12.6. The van der Waals surface area contributed by atoms with Crippen LogP contribution in [0.4, 0.5) is 0 Å². The van der Waals surface area contributed by atoms with Crippen LogP contribution in [0, 0.1) is 0 Å². The van der Waals surface area contributed by atoms with Crippen LogP contribution < -0.4 is 10.1 Å². The largest absolute Gasteiger partial charge is 0.497 e. The molecule has 0 unspecified atom stereocenters. The van der Waals surface area contributed by atoms with Crippen molar-refractivity contribution in [1.29, 1.82) is 0 Å². The second kappa shape index (κ2) is 6.43. The summed E-state index contributed by atoms with van der Waals surface area (Å²) in [6.07, 6.45) is 2.10. The lowest BCUT2D eigenvalue weighted by atomic mass is 10.1. The number of nitrogens with zero attached hydrogens (tertiary/aromatic N) is 2. The Labute approximate surface area is 146 Å². The highest BCUT2D eigenvalue weighted by Gasteiger charge is 2.26. The zero-order valence-electron chi connectivity index (χ0n) is 14.0. The van der Waals surface area contributed by atoms with Crippen LogP contribution >= 0.6 is 0 Å². The van der Waals surface area contributed by atoms with E-state index in [4.69, 9.17) is 4.74 Å². The Morgan fingerprint density at radius 2 is 1.84 bits per heavy atom. The van der Waals surface area contributed by atoms with Gasteiger partial charge < -0.3 is 10.1 Å². The molecule has 1 aliphatic rings. The molecule has 25 heavy (non-hydrogen) atoms. The van der Waals surface area contributed by atoms with Gasteiger partial charge in [-0.05, 0) is 55.3 Å². The number of para-hydroxylation sites is 1. The van der Waals surface area contributed by atoms with Crippen LogP contribution in [0.3, 0.4) is 0 Å². The number of aromatic nitrogens is 2. The standard InChI is InChI=1S/C20H19N3O2/c1-25-17-11-7-14(8-12-17)18-13-19(20(24)21-15-9-10-15)23(22-18)16-5-3-2-4-6-16/h2-8,11-13,15H,9-10H2,1H3,(H,21,24). The van der Waals surface area contributed by atoms with E-state index in [2.05, 4.69) is 10.4 Å². The van der Waals surface area contributed by atoms with Gasteiger partial charge in [-0.2, -0.15) is 5.10 Å². The van der Waals surface area contributed by atoms with Gasteiger partial charge in [0.2, 0.25) is 0 Å². The van der Waals surface area contributed by atoms with Gasteiger partial charge in [0, 0.05) is 11.6 Å². The number of amides is 1. The van der Waals surface area contributed by atoms with Crippen molar-refractivity contribution in [3.63, 3.8) is 0 Å². The quantitative estimate of drug-likeness (QED) is 0.778. The second-order valence-corrected chi connectivity index (χ2v) is 6.14. The highest BCUT2D eigenvalue weighted by molar-refractivity contribution is 5.94. The zero-order chi connectivity index (χ0) is 17.2. The number of methoxy groups -OCH3 is 1. The normalized spacial score (nSPS) is 13.5. The summed E-state index contributed by atoms with van der Waals surface area (Å²) in [6, 6.07) is 19.5. The summed E-state index contributed by atoms with van der Waals surface area (Å²) in [7, 11) is 1.64. The first-order valence-electron chi connectivity index (χ1n) is 8.35. The molecule has 1 saturated carbocycles. The van der Waals surface area contributed by atoms with Gasteiger partial charge in [-0.3, -0.25) is 4.79 Å². The SMILES string of the molecule is COc1ccc(-c2cc(C(=O)NC3CC3)n(-c3ccccc3)n2)cc1. The van der Waals surface area contributed by atoms with Gasteiger partial charge in [-0.25, -0.2) is 4.68 Å². The fourth-order valence-corrected chi connectivity index (χ4v) is 2.70. The smallest absolute Gasteiger partial charge is 0.270 e. The van der Waals surface area contributed by atoms with Gasteiger partial charge >= 0.3 is 0 Å². The van der Waals surface area contributed by atoms with Gasteiger partial charge in [0.25, 0.3) is 5.91 Å². The molecule has 4 rings (SSSR count). The first kappa shape index (κ1) is 15.4. The van der Waals surface area contributed by atoms with E-state index in [1.54, 1.807) is 11.8 Å². The highest BCUT2D eigenvalue weighted by Crippen LogP contribution is 2.25. The zero-order valence-corrected chi connectivity index (χ0v) is 14.0. The fraction of sp³-hybridized carbons (Fsp3) is 0.200. The van der Waals surface area contributed by atoms with Crippen molar-refractivity contribution in [2.45, 2.75) is 18.9 Å². The Balaban J connectivity index is 1.75. The summed E-state index contributed by atoms with van der Waals surface area (Å²) in [5, 5.41) is 7.71. The molecule has 1 amide bonds. The van der Waals surface area contributed by atoms with E-state index in [0.717, 1.165) is 35.5 Å². The monoisotopic (exact) mass is 333 g/mol. The number of carbonyl (C=O) groups is 1. The number of hydrogen-bond donors (Lipinski definition) is 1. The molecule has 1 fully saturated rings. The maximum atomic E-state index is 12.6. The summed E-state index contributed by atoms with van der Waals surface area (Å²) in [6.45, 7) is 0. The van der Waals surface area contributed by atoms with E-state index in [1.165, 1.54) is 0 Å². The molecule has 2 aromatic carbocycles. The van der Waals surface area contributed by atoms with Crippen LogP contribution in [0.15, 0.2) is 60.7 Å². The summed E-state index contributed by atoms with van der Waals surface area (Å²) in [5.74, 6) is 0.705. The highest BCUT2D eigenvalue weighted by atomic mass is 16.5. The van der Waals surface area contributed by atoms with Crippen LogP contribution in [0.25, 0.3) is 16.9 Å². The van der Waals surface area contributed by atoms with Crippen molar-refractivity contribution < 1.29 is 9.53 Å². The molecule has 0 spiro atoms. The minimum atomic E-state index is -0.0846. The third-order valence-electron chi connectivity index (χ3n) is 4.24. The van der Waals surface area contributed by atoms with E-state index in [1.807, 2.05) is 60.7 Å². The predicted octanol–water partition coefficient (Wildman–Crippen LogP) is 3.44. The summed E-state index contributed by atoms with van der Waals surface area (Å²) < 4.78 is 6.91. The van der Waals surface area contributed by atoms with E-state index in [-0.39, 0.29) is 5.91 Å². The van der Waals surface area contributed by atoms with E-state index >= 15 is 0 Å². The number of ether oxygens (including phenoxy) is 1. The molecule has 0 saturated heterocycles. The van der Waals surface area contributed by atoms with Crippen molar-refractivity contribution in [3.05, 3.63) is 66.4 Å². The Hall–Kier alpha value is -3.08. The van der Waals surface area contributed by atoms with Gasteiger partial charge in [0.1, 0.15) is 11.4 Å². The Bertz CT molecular complexity index is 881. The molecule has 1 aromatic heterocycles. The fourth-order valence-electron chi connectivity index (χ4n) is 2.70. The number of hydrogen-bond acceptors (Lipinski definition) is 3. The van der Waals surface area contributed by atoms with Gasteiger partial charge in [0.05, 0.1) is 18.5 Å². The van der Waals surface area contributed by atoms with E-state index in [9.17, 15) is 4.79 Å². The maximum absolute atomic E-state index is 12.6. The summed E-state index contributed by atoms with van der Waals surface area (Å²) >= 11 is 0. The average molecular weight is 333 g/mol. The molecule has 1 heterocycles. The minimum absolute atomic E-state index is 0.0846. The topological polar surface area (TPSA) is 56.1 Å². The number of carbonyl (C=O) groups excluding carboxylic acids is 1. The lowest BCUT2D eigenvalue weighted by molar-refractivity contribution is 0.0943. The van der Waals surface area contributed by atoms with Crippen molar-refractivity contribution in [1.82, 2.24) is 15.1 Å². The molecule has 1 N–H and O–H groups in total. The molecule has 5 heteroatoms. The molecule has 3 aromatic rings. The molecular weight excluding hydrogens is 314 g/mol. The van der Waals surface area contributed by atoms with Crippen LogP contribution in [0.5, 0.6) is 5.75 Å². The van der Waals surface area contributed by atoms with E-state index < -0.39 is 0 Å². The molecule has 126 valence electrons. The van der Waals surface area contributed by atoms with Crippen LogP contribution in [-0.2, 0) is 0 Å². The third-order valence-corrected chi connectivity index (χ3v) is 4.24. The maximum Gasteiger partial charge on any atom is 0.270 e. The van der Waals surface area contributed by atoms with Gasteiger partial charge in [0.15, 0.2) is 0 Å². The van der Waals surface area contributed by atoms with Crippen molar-refractivity contribution >= 4 is 5.91 Å². The van der Waals surface area contributed by atoms with Crippen LogP contribution in [0.1, 0.15) is 23.3 Å². The van der Waals surface area contributed by atoms with Crippen molar-refractivity contribution in [2.75, 3.05) is 7.11 Å². The van der Waals surface area contributed by atoms with Crippen molar-refractivity contribution in [3.8, 4) is 22.7 Å². The molecule has 0 atom stereocenters. The number of benzene rings is 2. The molecular formula is C20H19N3O2. The first-order chi connectivity index (χ1) is 12.2. The van der Waals surface area contributed by atoms with Gasteiger partial charge in [-0.1, -0.05) is 18.2 Å². The molecule has 5 nitrogen and oxygen atoms in total. The van der Waals surface area contributed by atoms with Gasteiger partial charge in [-0.15, -0.1) is 0 Å². The number of nitrogens with one attached hydrogen (secondary N) is 1. The summed E-state index contributed by atoms with van der Waals surface area (Å²) in [5.41, 5.74) is 3.11. The molecule has 0 radical (unpaired) electrons. The molecule has 1 aliphatic carbocycles. The first-order valence-corrected chi connectivity index (χ1v) is 8.35. The Morgan fingerprint density at radius 3 is 2.48 bits per heavy atom. The lowest BCUT2D eigenvalue weighted by Crippen LogP contribution is -2.27. The molecule has 0 bridgehead atoms. The van der Waals surface area contributed by atoms with Crippen LogP contribution in [0.2, 0.25) is 0 Å². The third kappa shape index (κ3) is 3.26. The number of rotatable bonds is 5. The lowest BCUT2D eigenvalue weighted by Gasteiger charge is -2.07. The van der Waals surface area contributed by atoms with Crippen molar-refractivity contribution in [2.24, 2.45) is 0 Å². The minimum Gasteiger partial charge on any atom is -0.497 e.